The highest BCUT2D eigenvalue weighted by Gasteiger charge is 2.34. The third kappa shape index (κ3) is 3.46. The van der Waals surface area contributed by atoms with Crippen molar-refractivity contribution in [3.8, 4) is 0 Å². The predicted molar refractivity (Wildman–Crippen MR) is 60.1 cm³/mol. The first-order chi connectivity index (χ1) is 8.40. The van der Waals surface area contributed by atoms with Gasteiger partial charge < -0.3 is 10.4 Å². The molecule has 1 aromatic carbocycles. The molecule has 0 aromatic heterocycles. The molecule has 0 fully saturated rings. The monoisotopic (exact) mass is 261 g/mol. The molecule has 0 radical (unpaired) electrons. The van der Waals surface area contributed by atoms with Gasteiger partial charge in [-0.2, -0.15) is 13.2 Å². The van der Waals surface area contributed by atoms with E-state index in [4.69, 9.17) is 5.11 Å². The molecule has 6 heteroatoms. The molecule has 0 spiro atoms. The second kappa shape index (κ2) is 5.86. The molecular weight excluding hydrogens is 247 g/mol. The molecule has 1 rings (SSSR count). The van der Waals surface area contributed by atoms with Crippen molar-refractivity contribution in [1.82, 2.24) is 5.32 Å². The van der Waals surface area contributed by atoms with Gasteiger partial charge in [-0.1, -0.05) is 19.1 Å². The number of nitrogens with one attached hydrogen (secondary N) is 1. The molecule has 100 valence electrons. The van der Waals surface area contributed by atoms with Gasteiger partial charge in [0.15, 0.2) is 0 Å². The van der Waals surface area contributed by atoms with E-state index in [1.165, 1.54) is 12.1 Å². The maximum absolute atomic E-state index is 12.7. The van der Waals surface area contributed by atoms with Crippen LogP contribution in [0, 0.1) is 0 Å². The number of aliphatic hydroxyl groups excluding tert-OH is 1. The fourth-order valence-electron chi connectivity index (χ4n) is 1.47. The van der Waals surface area contributed by atoms with Crippen molar-refractivity contribution in [2.75, 3.05) is 6.61 Å². The number of hydrogen-bond donors (Lipinski definition) is 2. The molecule has 2 N–H and O–H groups in total. The van der Waals surface area contributed by atoms with Crippen LogP contribution in [0.15, 0.2) is 24.3 Å². The Morgan fingerprint density at radius 3 is 2.50 bits per heavy atom. The summed E-state index contributed by atoms with van der Waals surface area (Å²) in [5.41, 5.74) is -1.41. The van der Waals surface area contributed by atoms with E-state index in [0.717, 1.165) is 12.1 Å². The molecule has 0 unspecified atom stereocenters. The lowest BCUT2D eigenvalue weighted by Crippen LogP contribution is -2.37. The highest BCUT2D eigenvalue weighted by Crippen LogP contribution is 2.31. The fraction of sp³-hybridized carbons (Fsp3) is 0.417. The zero-order valence-corrected chi connectivity index (χ0v) is 9.79. The van der Waals surface area contributed by atoms with E-state index in [-0.39, 0.29) is 6.61 Å². The second-order valence-corrected chi connectivity index (χ2v) is 3.80. The lowest BCUT2D eigenvalue weighted by Gasteiger charge is -2.16. The Balaban J connectivity index is 2.99. The maximum Gasteiger partial charge on any atom is 0.417 e. The summed E-state index contributed by atoms with van der Waals surface area (Å²) in [6.07, 6.45) is -4.13. The van der Waals surface area contributed by atoms with Crippen LogP contribution in [0.5, 0.6) is 0 Å². The summed E-state index contributed by atoms with van der Waals surface area (Å²) in [6, 6.07) is 4.02. The fourth-order valence-corrected chi connectivity index (χ4v) is 1.47. The first kappa shape index (κ1) is 14.5. The number of rotatable bonds is 4. The van der Waals surface area contributed by atoms with Crippen LogP contribution < -0.4 is 5.32 Å². The molecule has 0 bridgehead atoms. The number of amides is 1. The standard InChI is InChI=1S/C12H14F3NO2/c1-2-8(7-17)16-11(18)9-5-3-4-6-10(9)12(13,14)15/h3-6,8,17H,2,7H2,1H3,(H,16,18)/t8-/m1/s1. The van der Waals surface area contributed by atoms with Crippen molar-refractivity contribution in [1.29, 1.82) is 0 Å². The van der Waals surface area contributed by atoms with Crippen LogP contribution in [-0.4, -0.2) is 23.7 Å². The van der Waals surface area contributed by atoms with Gasteiger partial charge in [0.25, 0.3) is 5.91 Å². The Labute approximate surface area is 103 Å². The molecule has 1 atom stereocenters. The SMILES string of the molecule is CC[C@H](CO)NC(=O)c1ccccc1C(F)(F)F. The van der Waals surface area contributed by atoms with E-state index >= 15 is 0 Å². The molecule has 0 aliphatic heterocycles. The number of carbonyl (C=O) groups excluding carboxylic acids is 1. The van der Waals surface area contributed by atoms with Crippen LogP contribution in [0.1, 0.15) is 29.3 Å². The minimum atomic E-state index is -4.57. The Kier molecular flexibility index (Phi) is 4.72. The van der Waals surface area contributed by atoms with Crippen molar-refractivity contribution in [3.63, 3.8) is 0 Å². The van der Waals surface area contributed by atoms with Gasteiger partial charge in [0, 0.05) is 0 Å². The van der Waals surface area contributed by atoms with Crippen LogP contribution in [0.4, 0.5) is 13.2 Å². The average Bonchev–Trinajstić information content (AvgIpc) is 2.34. The van der Waals surface area contributed by atoms with E-state index in [1.807, 2.05) is 0 Å². The van der Waals surface area contributed by atoms with E-state index in [9.17, 15) is 18.0 Å². The Hall–Kier alpha value is -1.56. The van der Waals surface area contributed by atoms with Gasteiger partial charge in [0.2, 0.25) is 0 Å². The molecule has 0 saturated carbocycles. The molecular formula is C12H14F3NO2. The summed E-state index contributed by atoms with van der Waals surface area (Å²) >= 11 is 0. The summed E-state index contributed by atoms with van der Waals surface area (Å²) in [6.45, 7) is 1.41. The van der Waals surface area contributed by atoms with E-state index in [0.29, 0.717) is 6.42 Å². The summed E-state index contributed by atoms with van der Waals surface area (Å²) in [5, 5.41) is 11.3. The molecule has 1 amide bonds. The van der Waals surface area contributed by atoms with Crippen LogP contribution in [0.25, 0.3) is 0 Å². The van der Waals surface area contributed by atoms with Crippen LogP contribution in [0.3, 0.4) is 0 Å². The Bertz CT molecular complexity index is 414. The molecule has 3 nitrogen and oxygen atoms in total. The number of aliphatic hydroxyl groups is 1. The van der Waals surface area contributed by atoms with E-state index in [1.54, 1.807) is 6.92 Å². The second-order valence-electron chi connectivity index (χ2n) is 3.80. The zero-order valence-electron chi connectivity index (χ0n) is 9.79. The van der Waals surface area contributed by atoms with Crippen molar-refractivity contribution >= 4 is 5.91 Å². The minimum Gasteiger partial charge on any atom is -0.394 e. The zero-order chi connectivity index (χ0) is 13.8. The van der Waals surface area contributed by atoms with Gasteiger partial charge in [0.05, 0.1) is 23.8 Å². The van der Waals surface area contributed by atoms with Gasteiger partial charge in [0.1, 0.15) is 0 Å². The molecule has 18 heavy (non-hydrogen) atoms. The quantitative estimate of drug-likeness (QED) is 0.873. The van der Waals surface area contributed by atoms with Crippen LogP contribution in [0.2, 0.25) is 0 Å². The highest BCUT2D eigenvalue weighted by atomic mass is 19.4. The topological polar surface area (TPSA) is 49.3 Å². The summed E-state index contributed by atoms with van der Waals surface area (Å²) in [5.74, 6) is -0.830. The lowest BCUT2D eigenvalue weighted by atomic mass is 10.1. The third-order valence-corrected chi connectivity index (χ3v) is 2.53. The number of carbonyl (C=O) groups is 1. The number of alkyl halides is 3. The van der Waals surface area contributed by atoms with Gasteiger partial charge >= 0.3 is 6.18 Å². The van der Waals surface area contributed by atoms with Crippen molar-refractivity contribution < 1.29 is 23.1 Å². The van der Waals surface area contributed by atoms with Gasteiger partial charge in [-0.3, -0.25) is 4.79 Å². The number of halogens is 3. The molecule has 0 aliphatic carbocycles. The van der Waals surface area contributed by atoms with E-state index < -0.39 is 29.3 Å². The largest absolute Gasteiger partial charge is 0.417 e. The van der Waals surface area contributed by atoms with Crippen molar-refractivity contribution in [2.45, 2.75) is 25.6 Å². The van der Waals surface area contributed by atoms with Crippen molar-refractivity contribution in [3.05, 3.63) is 35.4 Å². The molecule has 0 saturated heterocycles. The van der Waals surface area contributed by atoms with E-state index in [2.05, 4.69) is 5.32 Å². The first-order valence-corrected chi connectivity index (χ1v) is 5.48. The number of hydrogen-bond acceptors (Lipinski definition) is 2. The maximum atomic E-state index is 12.7. The Morgan fingerprint density at radius 2 is 2.00 bits per heavy atom. The summed E-state index contributed by atoms with van der Waals surface area (Å²) in [4.78, 5) is 11.7. The smallest absolute Gasteiger partial charge is 0.394 e. The van der Waals surface area contributed by atoms with Crippen molar-refractivity contribution in [2.24, 2.45) is 0 Å². The third-order valence-electron chi connectivity index (χ3n) is 2.53. The molecule has 0 aliphatic rings. The van der Waals surface area contributed by atoms with Gasteiger partial charge in [-0.15, -0.1) is 0 Å². The Morgan fingerprint density at radius 1 is 1.39 bits per heavy atom. The first-order valence-electron chi connectivity index (χ1n) is 5.48. The van der Waals surface area contributed by atoms with Gasteiger partial charge in [-0.05, 0) is 18.6 Å². The average molecular weight is 261 g/mol. The summed E-state index contributed by atoms with van der Waals surface area (Å²) in [7, 11) is 0. The van der Waals surface area contributed by atoms with Crippen LogP contribution >= 0.6 is 0 Å². The minimum absolute atomic E-state index is 0.309. The number of benzene rings is 1. The van der Waals surface area contributed by atoms with Gasteiger partial charge in [-0.25, -0.2) is 0 Å². The predicted octanol–water partition coefficient (Wildman–Crippen LogP) is 2.21. The normalized spacial score (nSPS) is 13.2. The molecule has 0 heterocycles. The highest BCUT2D eigenvalue weighted by molar-refractivity contribution is 5.96. The summed E-state index contributed by atoms with van der Waals surface area (Å²) < 4.78 is 38.0. The lowest BCUT2D eigenvalue weighted by molar-refractivity contribution is -0.137. The molecule has 1 aromatic rings. The van der Waals surface area contributed by atoms with Crippen LogP contribution in [-0.2, 0) is 6.18 Å².